The quantitative estimate of drug-likeness (QED) is 0.710. The number of ether oxygens (including phenoxy) is 2. The SMILES string of the molecule is CCOCCN1CCN(C(=O)c2csc(COC)n2)C[C@@H]1C. The van der Waals surface area contributed by atoms with Gasteiger partial charge in [0.25, 0.3) is 5.91 Å². The normalized spacial score (nSPS) is 19.6. The summed E-state index contributed by atoms with van der Waals surface area (Å²) in [6.07, 6.45) is 0. The molecule has 2 heterocycles. The van der Waals surface area contributed by atoms with Crippen LogP contribution in [-0.4, -0.2) is 73.2 Å². The molecule has 1 aliphatic heterocycles. The van der Waals surface area contributed by atoms with Crippen LogP contribution in [0.5, 0.6) is 0 Å². The van der Waals surface area contributed by atoms with Crippen LogP contribution in [0.3, 0.4) is 0 Å². The number of rotatable bonds is 7. The van der Waals surface area contributed by atoms with E-state index in [0.29, 0.717) is 18.3 Å². The smallest absolute Gasteiger partial charge is 0.273 e. The van der Waals surface area contributed by atoms with Gasteiger partial charge in [0.1, 0.15) is 10.7 Å². The van der Waals surface area contributed by atoms with Gasteiger partial charge >= 0.3 is 0 Å². The van der Waals surface area contributed by atoms with Crippen molar-refractivity contribution in [3.05, 3.63) is 16.1 Å². The number of carbonyl (C=O) groups excluding carboxylic acids is 1. The number of hydrogen-bond donors (Lipinski definition) is 0. The van der Waals surface area contributed by atoms with Gasteiger partial charge in [-0.05, 0) is 13.8 Å². The third kappa shape index (κ3) is 4.49. The zero-order valence-electron chi connectivity index (χ0n) is 13.6. The lowest BCUT2D eigenvalue weighted by atomic mass is 10.2. The molecule has 22 heavy (non-hydrogen) atoms. The molecule has 1 amide bonds. The maximum atomic E-state index is 12.5. The zero-order chi connectivity index (χ0) is 15.9. The summed E-state index contributed by atoms with van der Waals surface area (Å²) in [5.41, 5.74) is 0.534. The predicted octanol–water partition coefficient (Wildman–Crippen LogP) is 1.47. The van der Waals surface area contributed by atoms with Crippen molar-refractivity contribution in [2.24, 2.45) is 0 Å². The van der Waals surface area contributed by atoms with Crippen LogP contribution in [0.15, 0.2) is 5.38 Å². The highest BCUT2D eigenvalue weighted by molar-refractivity contribution is 7.09. The number of nitrogens with zero attached hydrogens (tertiary/aromatic N) is 3. The summed E-state index contributed by atoms with van der Waals surface area (Å²) < 4.78 is 10.5. The van der Waals surface area contributed by atoms with Gasteiger partial charge in [0.15, 0.2) is 0 Å². The molecule has 1 aromatic heterocycles. The molecule has 0 N–H and O–H groups in total. The molecule has 0 spiro atoms. The fraction of sp³-hybridized carbons (Fsp3) is 0.733. The first-order chi connectivity index (χ1) is 10.7. The first-order valence-corrected chi connectivity index (χ1v) is 8.58. The molecule has 0 unspecified atom stereocenters. The summed E-state index contributed by atoms with van der Waals surface area (Å²) in [6, 6.07) is 0.343. The van der Waals surface area contributed by atoms with Crippen LogP contribution in [0.1, 0.15) is 29.3 Å². The van der Waals surface area contributed by atoms with Crippen molar-refractivity contribution in [3.8, 4) is 0 Å². The molecule has 2 rings (SSSR count). The number of amides is 1. The predicted molar refractivity (Wildman–Crippen MR) is 86.3 cm³/mol. The number of aromatic nitrogens is 1. The minimum Gasteiger partial charge on any atom is -0.380 e. The van der Waals surface area contributed by atoms with Gasteiger partial charge in [0.05, 0.1) is 13.2 Å². The summed E-state index contributed by atoms with van der Waals surface area (Å²) >= 11 is 1.47. The number of piperazine rings is 1. The molecule has 124 valence electrons. The van der Waals surface area contributed by atoms with Crippen molar-refractivity contribution >= 4 is 17.2 Å². The summed E-state index contributed by atoms with van der Waals surface area (Å²) in [5, 5.41) is 2.66. The van der Waals surface area contributed by atoms with Crippen LogP contribution in [0.25, 0.3) is 0 Å². The molecule has 0 saturated carbocycles. The average molecular weight is 327 g/mol. The molecule has 1 saturated heterocycles. The van der Waals surface area contributed by atoms with E-state index in [1.807, 2.05) is 17.2 Å². The number of hydrogen-bond acceptors (Lipinski definition) is 6. The number of thiazole rings is 1. The summed E-state index contributed by atoms with van der Waals surface area (Å²) in [7, 11) is 1.63. The minimum atomic E-state index is 0.0231. The molecule has 1 aromatic rings. The maximum absolute atomic E-state index is 12.5. The third-order valence-electron chi connectivity index (χ3n) is 3.82. The molecule has 0 aromatic carbocycles. The van der Waals surface area contributed by atoms with Gasteiger partial charge in [-0.2, -0.15) is 0 Å². The molecule has 1 atom stereocenters. The van der Waals surface area contributed by atoms with Crippen molar-refractivity contribution in [3.63, 3.8) is 0 Å². The molecule has 6 nitrogen and oxygen atoms in total. The lowest BCUT2D eigenvalue weighted by molar-refractivity contribution is 0.0388. The Balaban J connectivity index is 1.87. The molecule has 0 bridgehead atoms. The molecular formula is C15H25N3O3S. The maximum Gasteiger partial charge on any atom is 0.273 e. The van der Waals surface area contributed by atoms with Gasteiger partial charge in [-0.3, -0.25) is 9.69 Å². The Morgan fingerprint density at radius 2 is 2.32 bits per heavy atom. The van der Waals surface area contributed by atoms with E-state index in [1.54, 1.807) is 7.11 Å². The Labute approximate surface area is 136 Å². The van der Waals surface area contributed by atoms with Crippen molar-refractivity contribution < 1.29 is 14.3 Å². The van der Waals surface area contributed by atoms with Gasteiger partial charge in [0, 0.05) is 51.3 Å². The van der Waals surface area contributed by atoms with Crippen LogP contribution in [0.2, 0.25) is 0 Å². The molecule has 1 aliphatic rings. The van der Waals surface area contributed by atoms with Gasteiger partial charge in [-0.1, -0.05) is 0 Å². The van der Waals surface area contributed by atoms with E-state index < -0.39 is 0 Å². The minimum absolute atomic E-state index is 0.0231. The Bertz CT molecular complexity index is 480. The number of carbonyl (C=O) groups is 1. The van der Waals surface area contributed by atoms with Crippen molar-refractivity contribution in [1.82, 2.24) is 14.8 Å². The molecular weight excluding hydrogens is 302 g/mol. The summed E-state index contributed by atoms with van der Waals surface area (Å²) in [6.45, 7) is 9.41. The van der Waals surface area contributed by atoms with E-state index in [1.165, 1.54) is 11.3 Å². The van der Waals surface area contributed by atoms with Crippen LogP contribution in [0, 0.1) is 0 Å². The van der Waals surface area contributed by atoms with Gasteiger partial charge in [-0.25, -0.2) is 4.98 Å². The van der Waals surface area contributed by atoms with Gasteiger partial charge < -0.3 is 14.4 Å². The van der Waals surface area contributed by atoms with Gasteiger partial charge in [0.2, 0.25) is 0 Å². The molecule has 0 aliphatic carbocycles. The largest absolute Gasteiger partial charge is 0.380 e. The van der Waals surface area contributed by atoms with Gasteiger partial charge in [-0.15, -0.1) is 11.3 Å². The van der Waals surface area contributed by atoms with Crippen LogP contribution >= 0.6 is 11.3 Å². The Morgan fingerprint density at radius 3 is 3.00 bits per heavy atom. The standard InChI is InChI=1S/C15H25N3O3S/c1-4-21-8-7-17-5-6-18(9-12(17)2)15(19)13-11-22-14(16-13)10-20-3/h11-12H,4-10H2,1-3H3/t12-/m0/s1. The fourth-order valence-electron chi connectivity index (χ4n) is 2.60. The Morgan fingerprint density at radius 1 is 1.50 bits per heavy atom. The average Bonchev–Trinajstić information content (AvgIpc) is 2.97. The Hall–Kier alpha value is -1.02. The van der Waals surface area contributed by atoms with E-state index in [4.69, 9.17) is 9.47 Å². The highest BCUT2D eigenvalue weighted by atomic mass is 32.1. The third-order valence-corrected chi connectivity index (χ3v) is 4.64. The summed E-state index contributed by atoms with van der Waals surface area (Å²) in [4.78, 5) is 21.1. The highest BCUT2D eigenvalue weighted by Crippen LogP contribution is 2.16. The van der Waals surface area contributed by atoms with E-state index in [9.17, 15) is 4.79 Å². The van der Waals surface area contributed by atoms with E-state index in [-0.39, 0.29) is 5.91 Å². The first-order valence-electron chi connectivity index (χ1n) is 7.70. The van der Waals surface area contributed by atoms with E-state index in [0.717, 1.165) is 44.4 Å². The van der Waals surface area contributed by atoms with Crippen molar-refractivity contribution in [2.75, 3.05) is 46.5 Å². The second-order valence-electron chi connectivity index (χ2n) is 5.39. The monoisotopic (exact) mass is 327 g/mol. The van der Waals surface area contributed by atoms with Crippen molar-refractivity contribution in [1.29, 1.82) is 0 Å². The van der Waals surface area contributed by atoms with Crippen LogP contribution in [0.4, 0.5) is 0 Å². The molecule has 1 fully saturated rings. The molecule has 0 radical (unpaired) electrons. The lowest BCUT2D eigenvalue weighted by Crippen LogP contribution is -2.54. The second kappa shape index (κ2) is 8.57. The Kier molecular flexibility index (Phi) is 6.75. The molecule has 7 heteroatoms. The zero-order valence-corrected chi connectivity index (χ0v) is 14.4. The van der Waals surface area contributed by atoms with E-state index >= 15 is 0 Å². The van der Waals surface area contributed by atoms with Crippen LogP contribution < -0.4 is 0 Å². The topological polar surface area (TPSA) is 54.9 Å². The first kappa shape index (κ1) is 17.3. The van der Waals surface area contributed by atoms with Crippen LogP contribution in [-0.2, 0) is 16.1 Å². The summed E-state index contributed by atoms with van der Waals surface area (Å²) in [5.74, 6) is 0.0231. The fourth-order valence-corrected chi connectivity index (χ4v) is 3.34. The van der Waals surface area contributed by atoms with Crippen molar-refractivity contribution in [2.45, 2.75) is 26.5 Å². The van der Waals surface area contributed by atoms with E-state index in [2.05, 4.69) is 16.8 Å². The number of methoxy groups -OCH3 is 1. The second-order valence-corrected chi connectivity index (χ2v) is 6.34. The highest BCUT2D eigenvalue weighted by Gasteiger charge is 2.28. The lowest BCUT2D eigenvalue weighted by Gasteiger charge is -2.39.